The molecule has 0 aliphatic heterocycles. The number of nitrogens with one attached hydrogen (secondary N) is 1. The fourth-order valence-corrected chi connectivity index (χ4v) is 4.18. The number of nitrogen functional groups attached to an aromatic ring is 1. The van der Waals surface area contributed by atoms with Crippen molar-refractivity contribution in [3.05, 3.63) is 71.9 Å². The lowest BCUT2D eigenvalue weighted by molar-refractivity contribution is -0.0549. The van der Waals surface area contributed by atoms with E-state index in [0.29, 0.717) is 11.4 Å². The molecule has 0 saturated heterocycles. The number of hydrogen-bond acceptors (Lipinski definition) is 5. The molecular formula is C27H32N4O2. The highest BCUT2D eigenvalue weighted by molar-refractivity contribution is 5.83. The number of aromatic nitrogens is 1. The van der Waals surface area contributed by atoms with E-state index < -0.39 is 5.60 Å². The quantitative estimate of drug-likeness (QED) is 0.491. The molecule has 0 unspecified atom stereocenters. The molecule has 4 rings (SSSR count). The Morgan fingerprint density at radius 3 is 2.27 bits per heavy atom. The first-order chi connectivity index (χ1) is 15.7. The summed E-state index contributed by atoms with van der Waals surface area (Å²) in [5.41, 5.74) is 17.2. The monoisotopic (exact) mass is 444 g/mol. The maximum absolute atomic E-state index is 12.5. The lowest BCUT2D eigenvalue weighted by Crippen LogP contribution is -2.47. The highest BCUT2D eigenvalue weighted by Crippen LogP contribution is 2.45. The number of ether oxygens (including phenoxy) is 1. The van der Waals surface area contributed by atoms with Gasteiger partial charge in [0.2, 0.25) is 0 Å². The second-order valence-electron chi connectivity index (χ2n) is 9.68. The Morgan fingerprint density at radius 1 is 1.06 bits per heavy atom. The zero-order chi connectivity index (χ0) is 23.6. The SMILES string of the molecule is CC(C)(C)NC(=O)OC1(c2ccc(-c3nc(CN)c(N)cc3-c3ccccc3)cc2)CCC1. The first-order valence-corrected chi connectivity index (χ1v) is 11.4. The Balaban J connectivity index is 1.68. The van der Waals surface area contributed by atoms with Gasteiger partial charge >= 0.3 is 6.09 Å². The molecule has 3 aromatic rings. The number of nitrogens with zero attached hydrogens (tertiary/aromatic N) is 1. The second-order valence-corrected chi connectivity index (χ2v) is 9.68. The van der Waals surface area contributed by atoms with Crippen LogP contribution in [-0.2, 0) is 16.9 Å². The Labute approximate surface area is 195 Å². The van der Waals surface area contributed by atoms with E-state index in [1.807, 2.05) is 81.4 Å². The van der Waals surface area contributed by atoms with Crippen LogP contribution in [-0.4, -0.2) is 16.6 Å². The molecule has 1 aliphatic carbocycles. The number of rotatable bonds is 5. The fourth-order valence-electron chi connectivity index (χ4n) is 4.18. The normalized spacial score (nSPS) is 14.9. The molecule has 1 amide bonds. The molecule has 33 heavy (non-hydrogen) atoms. The van der Waals surface area contributed by atoms with Crippen LogP contribution >= 0.6 is 0 Å². The summed E-state index contributed by atoms with van der Waals surface area (Å²) in [5.74, 6) is 0. The highest BCUT2D eigenvalue weighted by atomic mass is 16.6. The summed E-state index contributed by atoms with van der Waals surface area (Å²) in [7, 11) is 0. The molecule has 1 aromatic heterocycles. The van der Waals surface area contributed by atoms with Gasteiger partial charge in [-0.3, -0.25) is 0 Å². The van der Waals surface area contributed by atoms with Crippen molar-refractivity contribution in [3.8, 4) is 22.4 Å². The number of amides is 1. The number of benzene rings is 2. The molecule has 1 heterocycles. The van der Waals surface area contributed by atoms with Gasteiger partial charge in [0.25, 0.3) is 0 Å². The van der Waals surface area contributed by atoms with Crippen LogP contribution in [0.4, 0.5) is 10.5 Å². The van der Waals surface area contributed by atoms with Crippen molar-refractivity contribution < 1.29 is 9.53 Å². The highest BCUT2D eigenvalue weighted by Gasteiger charge is 2.43. The van der Waals surface area contributed by atoms with E-state index in [-0.39, 0.29) is 18.2 Å². The molecule has 1 aliphatic rings. The third-order valence-corrected chi connectivity index (χ3v) is 6.02. The van der Waals surface area contributed by atoms with Crippen LogP contribution in [0.1, 0.15) is 51.3 Å². The van der Waals surface area contributed by atoms with Gasteiger partial charge in [0.15, 0.2) is 0 Å². The molecule has 5 N–H and O–H groups in total. The molecule has 6 nitrogen and oxygen atoms in total. The van der Waals surface area contributed by atoms with Gasteiger partial charge in [-0.1, -0.05) is 54.6 Å². The van der Waals surface area contributed by atoms with Crippen molar-refractivity contribution in [1.82, 2.24) is 10.3 Å². The molecule has 1 fully saturated rings. The standard InChI is InChI=1S/C27H32N4O2/c1-26(2,3)31-25(32)33-27(14-7-15-27)20-12-10-19(11-13-20)24-21(18-8-5-4-6-9-18)16-22(29)23(17-28)30-24/h4-6,8-13,16H,7,14-15,17,28-29H2,1-3H3,(H,31,32). The largest absolute Gasteiger partial charge is 0.438 e. The van der Waals surface area contributed by atoms with Crippen LogP contribution in [0.2, 0.25) is 0 Å². The van der Waals surface area contributed by atoms with Gasteiger partial charge in [0.1, 0.15) is 5.60 Å². The minimum absolute atomic E-state index is 0.270. The first kappa shape index (κ1) is 22.8. The van der Waals surface area contributed by atoms with Crippen LogP contribution < -0.4 is 16.8 Å². The third-order valence-electron chi connectivity index (χ3n) is 6.02. The van der Waals surface area contributed by atoms with Crippen LogP contribution in [0.15, 0.2) is 60.7 Å². The fraction of sp³-hybridized carbons (Fsp3) is 0.333. The molecule has 0 radical (unpaired) electrons. The maximum atomic E-state index is 12.5. The number of nitrogens with two attached hydrogens (primary N) is 2. The molecule has 2 aromatic carbocycles. The van der Waals surface area contributed by atoms with Gasteiger partial charge in [0.05, 0.1) is 17.1 Å². The Kier molecular flexibility index (Phi) is 6.13. The van der Waals surface area contributed by atoms with E-state index in [9.17, 15) is 4.79 Å². The molecule has 0 atom stereocenters. The van der Waals surface area contributed by atoms with E-state index in [1.165, 1.54) is 0 Å². The third kappa shape index (κ3) is 4.86. The second kappa shape index (κ2) is 8.87. The van der Waals surface area contributed by atoms with Crippen LogP contribution in [0.3, 0.4) is 0 Å². The van der Waals surface area contributed by atoms with E-state index >= 15 is 0 Å². The van der Waals surface area contributed by atoms with Crippen LogP contribution in [0, 0.1) is 0 Å². The topological polar surface area (TPSA) is 103 Å². The predicted octanol–water partition coefficient (Wildman–Crippen LogP) is 5.36. The van der Waals surface area contributed by atoms with Crippen molar-refractivity contribution in [1.29, 1.82) is 0 Å². The summed E-state index contributed by atoms with van der Waals surface area (Å²) in [4.78, 5) is 17.3. The van der Waals surface area contributed by atoms with Crippen molar-refractivity contribution in [2.24, 2.45) is 5.73 Å². The molecule has 6 heteroatoms. The van der Waals surface area contributed by atoms with E-state index in [4.69, 9.17) is 21.2 Å². The smallest absolute Gasteiger partial charge is 0.408 e. The van der Waals surface area contributed by atoms with Crippen molar-refractivity contribution in [2.75, 3.05) is 5.73 Å². The van der Waals surface area contributed by atoms with Crippen LogP contribution in [0.25, 0.3) is 22.4 Å². The van der Waals surface area contributed by atoms with Crippen molar-refractivity contribution in [2.45, 2.75) is 57.7 Å². The zero-order valence-electron chi connectivity index (χ0n) is 19.5. The van der Waals surface area contributed by atoms with Crippen molar-refractivity contribution in [3.63, 3.8) is 0 Å². The number of alkyl carbamates (subject to hydrolysis) is 1. The van der Waals surface area contributed by atoms with E-state index in [0.717, 1.165) is 47.2 Å². The first-order valence-electron chi connectivity index (χ1n) is 11.4. The number of carbonyl (C=O) groups is 1. The maximum Gasteiger partial charge on any atom is 0.408 e. The molecular weight excluding hydrogens is 412 g/mol. The minimum atomic E-state index is -0.576. The average Bonchev–Trinajstić information content (AvgIpc) is 2.76. The molecule has 172 valence electrons. The lowest BCUT2D eigenvalue weighted by Gasteiger charge is -2.42. The molecule has 0 bridgehead atoms. The van der Waals surface area contributed by atoms with Gasteiger partial charge in [0, 0.05) is 23.2 Å². The summed E-state index contributed by atoms with van der Waals surface area (Å²) in [6.45, 7) is 6.09. The zero-order valence-corrected chi connectivity index (χ0v) is 19.5. The van der Waals surface area contributed by atoms with E-state index in [2.05, 4.69) is 5.32 Å². The van der Waals surface area contributed by atoms with Crippen molar-refractivity contribution >= 4 is 11.8 Å². The van der Waals surface area contributed by atoms with Crippen LogP contribution in [0.5, 0.6) is 0 Å². The summed E-state index contributed by atoms with van der Waals surface area (Å²) < 4.78 is 5.93. The molecule has 1 saturated carbocycles. The summed E-state index contributed by atoms with van der Waals surface area (Å²) in [6.07, 6.45) is 2.28. The van der Waals surface area contributed by atoms with E-state index in [1.54, 1.807) is 0 Å². The molecule has 0 spiro atoms. The predicted molar refractivity (Wildman–Crippen MR) is 132 cm³/mol. The summed E-state index contributed by atoms with van der Waals surface area (Å²) in [5, 5.41) is 2.90. The Hall–Kier alpha value is -3.38. The van der Waals surface area contributed by atoms with Gasteiger partial charge in [-0.25, -0.2) is 9.78 Å². The summed E-state index contributed by atoms with van der Waals surface area (Å²) >= 11 is 0. The Bertz CT molecular complexity index is 1130. The van der Waals surface area contributed by atoms with Gasteiger partial charge in [-0.2, -0.15) is 0 Å². The van der Waals surface area contributed by atoms with Gasteiger partial charge in [-0.15, -0.1) is 0 Å². The minimum Gasteiger partial charge on any atom is -0.438 e. The number of anilines is 1. The number of pyridine rings is 1. The number of hydrogen-bond donors (Lipinski definition) is 3. The summed E-state index contributed by atoms with van der Waals surface area (Å²) in [6, 6.07) is 20.1. The average molecular weight is 445 g/mol. The Morgan fingerprint density at radius 2 is 1.73 bits per heavy atom. The number of carbonyl (C=O) groups excluding carboxylic acids is 1. The van der Waals surface area contributed by atoms with Gasteiger partial charge in [-0.05, 0) is 57.2 Å². The van der Waals surface area contributed by atoms with Gasteiger partial charge < -0.3 is 21.5 Å². The lowest BCUT2D eigenvalue weighted by atomic mass is 9.74.